The normalized spacial score (nSPS) is 41.8. The molecule has 2 atom stereocenters. The molecule has 2 saturated carbocycles. The second kappa shape index (κ2) is 6.41. The molecule has 2 aliphatic rings. The predicted octanol–water partition coefficient (Wildman–Crippen LogP) is 4.92. The molecule has 0 saturated heterocycles. The Morgan fingerprint density at radius 3 is 2.28 bits per heavy atom. The average Bonchev–Trinajstić information content (AvgIpc) is 2.42. The number of hydrogen-bond acceptors (Lipinski definition) is 1. The Balaban J connectivity index is 1.94. The van der Waals surface area contributed by atoms with E-state index in [1.165, 1.54) is 57.8 Å². The maximum atomic E-state index is 11.1. The molecule has 2 fully saturated rings. The summed E-state index contributed by atoms with van der Waals surface area (Å²) < 4.78 is 0. The molecule has 0 amide bonds. The van der Waals surface area contributed by atoms with Crippen LogP contribution in [0, 0.1) is 17.8 Å². The highest BCUT2D eigenvalue weighted by molar-refractivity contribution is 4.95. The molecule has 2 rings (SSSR count). The molecular weight excluding hydrogens is 220 g/mol. The summed E-state index contributed by atoms with van der Waals surface area (Å²) in [7, 11) is 0. The molecular formula is C17H32O. The van der Waals surface area contributed by atoms with Gasteiger partial charge < -0.3 is 5.11 Å². The second-order valence-electron chi connectivity index (χ2n) is 6.89. The monoisotopic (exact) mass is 252 g/mol. The fourth-order valence-electron chi connectivity index (χ4n) is 4.65. The molecule has 2 aliphatic carbocycles. The van der Waals surface area contributed by atoms with Crippen LogP contribution < -0.4 is 0 Å². The topological polar surface area (TPSA) is 20.2 Å². The third kappa shape index (κ3) is 3.10. The van der Waals surface area contributed by atoms with Gasteiger partial charge in [-0.15, -0.1) is 0 Å². The maximum Gasteiger partial charge on any atom is 0.0678 e. The van der Waals surface area contributed by atoms with Crippen molar-refractivity contribution in [1.82, 2.24) is 0 Å². The summed E-state index contributed by atoms with van der Waals surface area (Å²) in [5, 5.41) is 11.1. The smallest absolute Gasteiger partial charge is 0.0678 e. The Labute approximate surface area is 113 Å². The molecule has 106 valence electrons. The Morgan fingerprint density at radius 1 is 1.00 bits per heavy atom. The summed E-state index contributed by atoms with van der Waals surface area (Å²) >= 11 is 0. The third-order valence-electron chi connectivity index (χ3n) is 5.79. The van der Waals surface area contributed by atoms with E-state index < -0.39 is 0 Å². The molecule has 0 spiro atoms. The summed E-state index contributed by atoms with van der Waals surface area (Å²) in [5.41, 5.74) is -0.300. The van der Waals surface area contributed by atoms with Crippen molar-refractivity contribution < 1.29 is 5.11 Å². The molecule has 1 heteroatoms. The van der Waals surface area contributed by atoms with Crippen molar-refractivity contribution in [2.24, 2.45) is 17.8 Å². The lowest BCUT2D eigenvalue weighted by Gasteiger charge is -2.46. The van der Waals surface area contributed by atoms with Crippen molar-refractivity contribution >= 4 is 0 Å². The summed E-state index contributed by atoms with van der Waals surface area (Å²) in [6, 6.07) is 0. The van der Waals surface area contributed by atoms with Crippen LogP contribution in [0.4, 0.5) is 0 Å². The molecule has 0 aromatic rings. The second-order valence-corrected chi connectivity index (χ2v) is 6.89. The van der Waals surface area contributed by atoms with E-state index in [0.29, 0.717) is 5.92 Å². The van der Waals surface area contributed by atoms with E-state index in [1.54, 1.807) is 0 Å². The number of aliphatic hydroxyl groups is 1. The molecule has 0 aliphatic heterocycles. The number of rotatable bonds is 4. The highest BCUT2D eigenvalue weighted by Crippen LogP contribution is 2.47. The SMILES string of the molecule is CCCC1CCC(O)(C2CCCCC2CC)CC1. The van der Waals surface area contributed by atoms with Crippen LogP contribution in [0.1, 0.15) is 84.5 Å². The van der Waals surface area contributed by atoms with Gasteiger partial charge in [-0.3, -0.25) is 0 Å². The van der Waals surface area contributed by atoms with E-state index in [4.69, 9.17) is 0 Å². The first-order valence-corrected chi connectivity index (χ1v) is 8.42. The van der Waals surface area contributed by atoms with Gasteiger partial charge in [0.2, 0.25) is 0 Å². The highest BCUT2D eigenvalue weighted by Gasteiger charge is 2.43. The van der Waals surface area contributed by atoms with Crippen molar-refractivity contribution in [3.8, 4) is 0 Å². The molecule has 0 bridgehead atoms. The van der Waals surface area contributed by atoms with Gasteiger partial charge in [-0.1, -0.05) is 52.4 Å². The fourth-order valence-corrected chi connectivity index (χ4v) is 4.65. The van der Waals surface area contributed by atoms with Gasteiger partial charge in [0.25, 0.3) is 0 Å². The molecule has 0 aromatic carbocycles. The zero-order chi connectivity index (χ0) is 13.0. The molecule has 1 N–H and O–H groups in total. The Kier molecular flexibility index (Phi) is 5.12. The van der Waals surface area contributed by atoms with Gasteiger partial charge in [-0.05, 0) is 49.9 Å². The van der Waals surface area contributed by atoms with Crippen molar-refractivity contribution in [3.63, 3.8) is 0 Å². The molecule has 0 aromatic heterocycles. The summed E-state index contributed by atoms with van der Waals surface area (Å²) in [6.45, 7) is 4.60. The Bertz CT molecular complexity index is 240. The van der Waals surface area contributed by atoms with E-state index in [0.717, 1.165) is 24.7 Å². The van der Waals surface area contributed by atoms with Crippen molar-refractivity contribution in [2.45, 2.75) is 90.1 Å². The van der Waals surface area contributed by atoms with Gasteiger partial charge in [0.05, 0.1) is 5.60 Å². The fraction of sp³-hybridized carbons (Fsp3) is 1.00. The highest BCUT2D eigenvalue weighted by atomic mass is 16.3. The van der Waals surface area contributed by atoms with Crippen molar-refractivity contribution in [2.75, 3.05) is 0 Å². The number of hydrogen-bond donors (Lipinski definition) is 1. The van der Waals surface area contributed by atoms with Gasteiger partial charge in [0, 0.05) is 0 Å². The van der Waals surface area contributed by atoms with Crippen LogP contribution in [0.3, 0.4) is 0 Å². The molecule has 0 heterocycles. The van der Waals surface area contributed by atoms with Gasteiger partial charge in [-0.25, -0.2) is 0 Å². The van der Waals surface area contributed by atoms with Crippen LogP contribution >= 0.6 is 0 Å². The molecule has 18 heavy (non-hydrogen) atoms. The first-order valence-electron chi connectivity index (χ1n) is 8.42. The largest absolute Gasteiger partial charge is 0.390 e. The van der Waals surface area contributed by atoms with E-state index >= 15 is 0 Å². The van der Waals surface area contributed by atoms with Crippen molar-refractivity contribution in [1.29, 1.82) is 0 Å². The minimum Gasteiger partial charge on any atom is -0.390 e. The maximum absolute atomic E-state index is 11.1. The lowest BCUT2D eigenvalue weighted by atomic mass is 9.63. The lowest BCUT2D eigenvalue weighted by Crippen LogP contribution is -2.45. The first kappa shape index (κ1) is 14.4. The van der Waals surface area contributed by atoms with Crippen LogP contribution in [0.15, 0.2) is 0 Å². The lowest BCUT2D eigenvalue weighted by molar-refractivity contribution is -0.0913. The Morgan fingerprint density at radius 2 is 1.67 bits per heavy atom. The van der Waals surface area contributed by atoms with Crippen LogP contribution in [0.2, 0.25) is 0 Å². The summed E-state index contributed by atoms with van der Waals surface area (Å²) in [6.07, 6.45) is 14.1. The molecule has 1 nitrogen and oxygen atoms in total. The van der Waals surface area contributed by atoms with Crippen LogP contribution in [-0.2, 0) is 0 Å². The van der Waals surface area contributed by atoms with Gasteiger partial charge in [0.1, 0.15) is 0 Å². The van der Waals surface area contributed by atoms with Crippen LogP contribution in [0.25, 0.3) is 0 Å². The zero-order valence-corrected chi connectivity index (χ0v) is 12.5. The Hall–Kier alpha value is -0.0400. The van der Waals surface area contributed by atoms with E-state index in [-0.39, 0.29) is 5.60 Å². The predicted molar refractivity (Wildman–Crippen MR) is 77.6 cm³/mol. The van der Waals surface area contributed by atoms with E-state index in [2.05, 4.69) is 13.8 Å². The van der Waals surface area contributed by atoms with Gasteiger partial charge >= 0.3 is 0 Å². The van der Waals surface area contributed by atoms with Gasteiger partial charge in [-0.2, -0.15) is 0 Å². The minimum absolute atomic E-state index is 0.300. The summed E-state index contributed by atoms with van der Waals surface area (Å²) in [5.74, 6) is 2.31. The molecule has 0 radical (unpaired) electrons. The van der Waals surface area contributed by atoms with Crippen LogP contribution in [-0.4, -0.2) is 10.7 Å². The van der Waals surface area contributed by atoms with E-state index in [9.17, 15) is 5.11 Å². The minimum atomic E-state index is -0.300. The van der Waals surface area contributed by atoms with Crippen LogP contribution in [0.5, 0.6) is 0 Å². The van der Waals surface area contributed by atoms with Gasteiger partial charge in [0.15, 0.2) is 0 Å². The molecule has 2 unspecified atom stereocenters. The standard InChI is InChI=1S/C17H32O/c1-3-7-14-10-12-17(18,13-11-14)16-9-6-5-8-15(16)4-2/h14-16,18H,3-13H2,1-2H3. The first-order chi connectivity index (χ1) is 8.69. The summed E-state index contributed by atoms with van der Waals surface area (Å²) in [4.78, 5) is 0. The quantitative estimate of drug-likeness (QED) is 0.752. The van der Waals surface area contributed by atoms with Crippen molar-refractivity contribution in [3.05, 3.63) is 0 Å². The zero-order valence-electron chi connectivity index (χ0n) is 12.5. The third-order valence-corrected chi connectivity index (χ3v) is 5.79. The average molecular weight is 252 g/mol. The van der Waals surface area contributed by atoms with E-state index in [1.807, 2.05) is 0 Å².